The highest BCUT2D eigenvalue weighted by atomic mass is 16.1. The maximum Gasteiger partial charge on any atom is 0.152 e. The first kappa shape index (κ1) is 10.6. The smallest absolute Gasteiger partial charge is 0.152 e. The molecule has 0 bridgehead atoms. The number of aldehydes is 1. The fourth-order valence-corrected chi connectivity index (χ4v) is 2.01. The highest BCUT2D eigenvalue weighted by Crippen LogP contribution is 2.23. The van der Waals surface area contributed by atoms with Crippen LogP contribution in [-0.2, 0) is 6.54 Å². The van der Waals surface area contributed by atoms with Crippen molar-refractivity contribution in [3.63, 3.8) is 0 Å². The highest BCUT2D eigenvalue weighted by molar-refractivity contribution is 5.99. The van der Waals surface area contributed by atoms with Gasteiger partial charge in [0.15, 0.2) is 6.29 Å². The summed E-state index contributed by atoms with van der Waals surface area (Å²) in [6, 6.07) is 7.94. The Morgan fingerprint density at radius 1 is 1.38 bits per heavy atom. The van der Waals surface area contributed by atoms with E-state index < -0.39 is 0 Å². The third-order valence-corrected chi connectivity index (χ3v) is 2.84. The van der Waals surface area contributed by atoms with Gasteiger partial charge < -0.3 is 4.57 Å². The number of para-hydroxylation sites is 1. The fraction of sp³-hybridized carbons (Fsp3) is 0.231. The van der Waals surface area contributed by atoms with Crippen molar-refractivity contribution in [3.8, 4) is 0 Å². The molecular weight excluding hydrogens is 200 g/mol. The minimum absolute atomic E-state index is 0.705. The fourth-order valence-electron chi connectivity index (χ4n) is 2.01. The lowest BCUT2D eigenvalue weighted by Crippen LogP contribution is -2.01. The lowest BCUT2D eigenvalue weighted by Gasteiger charge is -2.03. The molecule has 2 rings (SSSR count). The molecule has 2 aromatic rings. The van der Waals surface area contributed by atoms with Gasteiger partial charge in [-0.3, -0.25) is 9.79 Å². The molecule has 0 spiro atoms. The van der Waals surface area contributed by atoms with Crippen LogP contribution in [-0.4, -0.2) is 24.1 Å². The predicted octanol–water partition coefficient (Wildman–Crippen LogP) is 2.46. The quantitative estimate of drug-likeness (QED) is 0.571. The molecule has 0 aliphatic rings. The molecule has 0 saturated carbocycles. The van der Waals surface area contributed by atoms with Gasteiger partial charge in [0.05, 0.1) is 6.54 Å². The van der Waals surface area contributed by atoms with Crippen LogP contribution in [0.1, 0.15) is 16.1 Å². The van der Waals surface area contributed by atoms with Gasteiger partial charge in [-0.05, 0) is 13.0 Å². The van der Waals surface area contributed by atoms with Gasteiger partial charge in [-0.15, -0.1) is 0 Å². The van der Waals surface area contributed by atoms with Gasteiger partial charge in [0, 0.05) is 35.4 Å². The second-order valence-electron chi connectivity index (χ2n) is 3.69. The number of carbonyl (C=O) groups excluding carboxylic acids is 1. The van der Waals surface area contributed by atoms with Crippen molar-refractivity contribution >= 4 is 23.4 Å². The van der Waals surface area contributed by atoms with Crippen LogP contribution < -0.4 is 0 Å². The summed E-state index contributed by atoms with van der Waals surface area (Å²) < 4.78 is 2.10. The summed E-state index contributed by atoms with van der Waals surface area (Å²) in [4.78, 5) is 15.1. The number of aromatic nitrogens is 1. The van der Waals surface area contributed by atoms with Crippen LogP contribution in [0.3, 0.4) is 0 Å². The summed E-state index contributed by atoms with van der Waals surface area (Å²) in [5.41, 5.74) is 2.86. The van der Waals surface area contributed by atoms with E-state index in [1.54, 1.807) is 7.05 Å². The minimum atomic E-state index is 0.705. The van der Waals surface area contributed by atoms with E-state index in [4.69, 9.17) is 0 Å². The van der Waals surface area contributed by atoms with Gasteiger partial charge in [0.25, 0.3) is 0 Å². The zero-order valence-electron chi connectivity index (χ0n) is 9.47. The van der Waals surface area contributed by atoms with Gasteiger partial charge in [-0.1, -0.05) is 18.2 Å². The summed E-state index contributed by atoms with van der Waals surface area (Å²) >= 11 is 0. The average molecular weight is 214 g/mol. The van der Waals surface area contributed by atoms with E-state index in [-0.39, 0.29) is 0 Å². The number of rotatable bonds is 3. The molecule has 1 aromatic heterocycles. The number of fused-ring (bicyclic) bond motifs is 1. The van der Waals surface area contributed by atoms with Crippen LogP contribution in [0.5, 0.6) is 0 Å². The van der Waals surface area contributed by atoms with Gasteiger partial charge in [0.1, 0.15) is 0 Å². The van der Waals surface area contributed by atoms with E-state index in [1.165, 1.54) is 0 Å². The van der Waals surface area contributed by atoms with Crippen LogP contribution in [0.2, 0.25) is 0 Å². The van der Waals surface area contributed by atoms with Crippen molar-refractivity contribution in [1.29, 1.82) is 0 Å². The Kier molecular flexibility index (Phi) is 2.86. The van der Waals surface area contributed by atoms with Crippen molar-refractivity contribution < 1.29 is 4.79 Å². The van der Waals surface area contributed by atoms with Gasteiger partial charge in [0.2, 0.25) is 0 Å². The van der Waals surface area contributed by atoms with Crippen molar-refractivity contribution in [3.05, 3.63) is 35.5 Å². The lowest BCUT2D eigenvalue weighted by molar-refractivity contribution is 0.112. The van der Waals surface area contributed by atoms with E-state index in [0.29, 0.717) is 6.54 Å². The standard InChI is InChI=1S/C13H14N2O/c1-10-12(9-16)11-5-3-4-6-13(11)15(10)8-7-14-2/h3-7,9H,8H2,1-2H3/b14-7-. The molecule has 0 amide bonds. The number of carbonyl (C=O) groups is 1. The monoisotopic (exact) mass is 214 g/mol. The second-order valence-corrected chi connectivity index (χ2v) is 3.69. The molecule has 0 aliphatic carbocycles. The Balaban J connectivity index is 2.71. The first-order chi connectivity index (χ1) is 7.79. The van der Waals surface area contributed by atoms with Crippen LogP contribution >= 0.6 is 0 Å². The SMILES string of the molecule is C/N=C\Cn1c(C)c(C=O)c2ccccc21. The van der Waals surface area contributed by atoms with Crippen LogP contribution in [0.25, 0.3) is 10.9 Å². The van der Waals surface area contributed by atoms with Gasteiger partial charge in [-0.25, -0.2) is 0 Å². The molecule has 3 nitrogen and oxygen atoms in total. The maximum atomic E-state index is 11.1. The maximum absolute atomic E-state index is 11.1. The van der Waals surface area contributed by atoms with E-state index in [1.807, 2.05) is 37.4 Å². The summed E-state index contributed by atoms with van der Waals surface area (Å²) in [5, 5.41) is 1.01. The summed E-state index contributed by atoms with van der Waals surface area (Å²) in [7, 11) is 1.75. The molecule has 3 heteroatoms. The lowest BCUT2D eigenvalue weighted by atomic mass is 10.1. The van der Waals surface area contributed by atoms with Crippen molar-refractivity contribution in [1.82, 2.24) is 4.57 Å². The topological polar surface area (TPSA) is 34.4 Å². The Hall–Kier alpha value is -1.90. The normalized spacial score (nSPS) is 11.4. The molecule has 0 aliphatic heterocycles. The van der Waals surface area contributed by atoms with Crippen LogP contribution in [0.4, 0.5) is 0 Å². The third kappa shape index (κ3) is 1.54. The molecule has 16 heavy (non-hydrogen) atoms. The zero-order chi connectivity index (χ0) is 11.5. The number of benzene rings is 1. The highest BCUT2D eigenvalue weighted by Gasteiger charge is 2.11. The summed E-state index contributed by atoms with van der Waals surface area (Å²) in [6.45, 7) is 2.67. The Morgan fingerprint density at radius 2 is 2.12 bits per heavy atom. The Labute approximate surface area is 94.4 Å². The molecule has 0 atom stereocenters. The molecule has 1 aromatic carbocycles. The second kappa shape index (κ2) is 4.31. The van der Waals surface area contributed by atoms with E-state index in [2.05, 4.69) is 9.56 Å². The number of hydrogen-bond donors (Lipinski definition) is 0. The molecule has 0 N–H and O–H groups in total. The average Bonchev–Trinajstić information content (AvgIpc) is 2.58. The van der Waals surface area contributed by atoms with E-state index >= 15 is 0 Å². The molecule has 0 radical (unpaired) electrons. The zero-order valence-corrected chi connectivity index (χ0v) is 9.47. The Bertz CT molecular complexity index is 552. The van der Waals surface area contributed by atoms with Gasteiger partial charge >= 0.3 is 0 Å². The molecular formula is C13H14N2O. The van der Waals surface area contributed by atoms with Crippen LogP contribution in [0, 0.1) is 6.92 Å². The van der Waals surface area contributed by atoms with Crippen molar-refractivity contribution in [2.45, 2.75) is 13.5 Å². The predicted molar refractivity (Wildman–Crippen MR) is 66.5 cm³/mol. The van der Waals surface area contributed by atoms with Crippen molar-refractivity contribution in [2.24, 2.45) is 4.99 Å². The molecule has 82 valence electrons. The number of hydrogen-bond acceptors (Lipinski definition) is 2. The number of aliphatic imine (C=N–C) groups is 1. The van der Waals surface area contributed by atoms with E-state index in [9.17, 15) is 4.79 Å². The minimum Gasteiger partial charge on any atom is -0.339 e. The van der Waals surface area contributed by atoms with Crippen LogP contribution in [0.15, 0.2) is 29.3 Å². The summed E-state index contributed by atoms with van der Waals surface area (Å²) in [5.74, 6) is 0. The molecule has 0 saturated heterocycles. The molecule has 0 fully saturated rings. The molecule has 1 heterocycles. The summed E-state index contributed by atoms with van der Waals surface area (Å²) in [6.07, 6.45) is 2.77. The first-order valence-electron chi connectivity index (χ1n) is 5.23. The first-order valence-corrected chi connectivity index (χ1v) is 5.23. The van der Waals surface area contributed by atoms with E-state index in [0.717, 1.165) is 28.4 Å². The third-order valence-electron chi connectivity index (χ3n) is 2.84. The molecule has 0 unspecified atom stereocenters. The van der Waals surface area contributed by atoms with Gasteiger partial charge in [-0.2, -0.15) is 0 Å². The number of nitrogens with zero attached hydrogens (tertiary/aromatic N) is 2. The Morgan fingerprint density at radius 3 is 2.81 bits per heavy atom. The largest absolute Gasteiger partial charge is 0.339 e. The van der Waals surface area contributed by atoms with Crippen molar-refractivity contribution in [2.75, 3.05) is 7.05 Å².